The largest absolute Gasteiger partial charge is 0.462 e. The molecule has 0 saturated heterocycles. The highest BCUT2D eigenvalue weighted by molar-refractivity contribution is 5.99. The molecule has 0 amide bonds. The lowest BCUT2D eigenvalue weighted by molar-refractivity contribution is -0.140. The van der Waals surface area contributed by atoms with E-state index in [2.05, 4.69) is 15.3 Å². The molecule has 41 heavy (non-hydrogen) atoms. The summed E-state index contributed by atoms with van der Waals surface area (Å²) in [6.45, 7) is 4.48. The van der Waals surface area contributed by atoms with Gasteiger partial charge in [-0.1, -0.05) is 81.7 Å². The Labute approximate surface area is 244 Å². The number of H-pyrrole nitrogens is 1. The zero-order valence-corrected chi connectivity index (χ0v) is 24.7. The Morgan fingerprint density at radius 1 is 0.805 bits per heavy atom. The first-order chi connectivity index (χ1) is 20.0. The minimum absolute atomic E-state index is 0.376. The molecule has 1 aromatic carbocycles. The number of allylic oxidation sites excluding steroid dienone is 2. The molecular weight excluding hydrogens is 514 g/mol. The van der Waals surface area contributed by atoms with Crippen LogP contribution >= 0.6 is 0 Å². The lowest BCUT2D eigenvalue weighted by atomic mass is 9.83. The van der Waals surface area contributed by atoms with Gasteiger partial charge in [0.2, 0.25) is 0 Å². The van der Waals surface area contributed by atoms with Crippen molar-refractivity contribution in [3.8, 4) is 11.4 Å². The van der Waals surface area contributed by atoms with Crippen molar-refractivity contribution in [2.75, 3.05) is 13.2 Å². The number of nitrogens with one attached hydrogen (secondary N) is 2. The van der Waals surface area contributed by atoms with E-state index in [9.17, 15) is 9.59 Å². The summed E-state index contributed by atoms with van der Waals surface area (Å²) >= 11 is 0. The van der Waals surface area contributed by atoms with E-state index in [1.165, 1.54) is 51.4 Å². The van der Waals surface area contributed by atoms with Gasteiger partial charge in [-0.15, -0.1) is 0 Å². The minimum atomic E-state index is -0.661. The highest BCUT2D eigenvalue weighted by Crippen LogP contribution is 2.39. The smallest absolute Gasteiger partial charge is 0.336 e. The van der Waals surface area contributed by atoms with Crippen LogP contribution in [-0.2, 0) is 19.1 Å². The fourth-order valence-corrected chi connectivity index (χ4v) is 6.90. The van der Waals surface area contributed by atoms with Gasteiger partial charge in [0, 0.05) is 28.8 Å². The van der Waals surface area contributed by atoms with Gasteiger partial charge in [-0.25, -0.2) is 14.6 Å². The van der Waals surface area contributed by atoms with Gasteiger partial charge in [-0.3, -0.25) is 0 Å². The van der Waals surface area contributed by atoms with Crippen LogP contribution in [0.3, 0.4) is 0 Å². The molecule has 0 spiro atoms. The lowest BCUT2D eigenvalue weighted by Gasteiger charge is -2.29. The quantitative estimate of drug-likeness (QED) is 0.209. The van der Waals surface area contributed by atoms with E-state index < -0.39 is 17.9 Å². The third-order valence-corrected chi connectivity index (χ3v) is 9.08. The molecule has 1 aromatic heterocycles. The standard InChI is InChI=1S/C34H45N3O4/c1-23-29(33(38)40-20-10-16-25-12-6-7-13-25)31(28-22-35-32(37-28)27-18-4-3-5-19-27)30(24(2)36-23)34(39)41-21-11-17-26-14-8-9-15-26/h3-5,18-19,22,25-26,31,36H,6-17,20-21H2,1-2H3,(H,35,37). The molecule has 2 saturated carbocycles. The van der Waals surface area contributed by atoms with Gasteiger partial charge in [0.05, 0.1) is 30.3 Å². The molecule has 5 rings (SSSR count). The predicted molar refractivity (Wildman–Crippen MR) is 160 cm³/mol. The molecule has 0 atom stereocenters. The molecule has 2 fully saturated rings. The van der Waals surface area contributed by atoms with Crippen LogP contribution < -0.4 is 5.32 Å². The molecule has 220 valence electrons. The number of imidazole rings is 1. The molecule has 2 heterocycles. The van der Waals surface area contributed by atoms with E-state index in [0.717, 1.165) is 43.1 Å². The van der Waals surface area contributed by atoms with Crippen LogP contribution in [0.1, 0.15) is 103 Å². The summed E-state index contributed by atoms with van der Waals surface area (Å²) in [6, 6.07) is 9.83. The number of aromatic amines is 1. The summed E-state index contributed by atoms with van der Waals surface area (Å²) in [5.41, 5.74) is 3.82. The van der Waals surface area contributed by atoms with Crippen LogP contribution in [0.25, 0.3) is 11.4 Å². The predicted octanol–water partition coefficient (Wildman–Crippen LogP) is 7.34. The van der Waals surface area contributed by atoms with E-state index in [1.54, 1.807) is 6.20 Å². The Morgan fingerprint density at radius 2 is 1.32 bits per heavy atom. The fourth-order valence-electron chi connectivity index (χ4n) is 6.90. The van der Waals surface area contributed by atoms with Gasteiger partial charge in [0.1, 0.15) is 5.82 Å². The van der Waals surface area contributed by atoms with Gasteiger partial charge >= 0.3 is 11.9 Å². The molecule has 2 N–H and O–H groups in total. The zero-order valence-electron chi connectivity index (χ0n) is 24.7. The average Bonchev–Trinajstić information content (AvgIpc) is 3.77. The third kappa shape index (κ3) is 7.30. The van der Waals surface area contributed by atoms with Gasteiger partial charge in [0.15, 0.2) is 0 Å². The maximum atomic E-state index is 13.6. The van der Waals surface area contributed by atoms with Gasteiger partial charge in [0.25, 0.3) is 0 Å². The minimum Gasteiger partial charge on any atom is -0.462 e. The fraction of sp³-hybridized carbons (Fsp3) is 0.559. The number of ether oxygens (including phenoxy) is 2. The summed E-state index contributed by atoms with van der Waals surface area (Å²) in [5.74, 6) is 0.720. The Bertz CT molecular complexity index is 1190. The Kier molecular flexibility index (Phi) is 9.97. The van der Waals surface area contributed by atoms with Crippen molar-refractivity contribution in [3.63, 3.8) is 0 Å². The second-order valence-electron chi connectivity index (χ2n) is 12.0. The van der Waals surface area contributed by atoms with Crippen LogP contribution in [0.2, 0.25) is 0 Å². The van der Waals surface area contributed by atoms with Gasteiger partial charge < -0.3 is 19.8 Å². The summed E-state index contributed by atoms with van der Waals surface area (Å²) in [6.07, 6.45) is 16.0. The summed E-state index contributed by atoms with van der Waals surface area (Å²) in [4.78, 5) is 35.2. The summed E-state index contributed by atoms with van der Waals surface area (Å²) in [7, 11) is 0. The molecule has 7 heteroatoms. The number of rotatable bonds is 12. The molecule has 2 aromatic rings. The van der Waals surface area contributed by atoms with Crippen LogP contribution in [0.4, 0.5) is 0 Å². The number of aromatic nitrogens is 2. The van der Waals surface area contributed by atoms with Crippen LogP contribution in [-0.4, -0.2) is 35.1 Å². The number of hydrogen-bond acceptors (Lipinski definition) is 6. The van der Waals surface area contributed by atoms with E-state index in [0.29, 0.717) is 47.3 Å². The second kappa shape index (κ2) is 14.0. The van der Waals surface area contributed by atoms with Crippen LogP contribution in [0.5, 0.6) is 0 Å². The average molecular weight is 560 g/mol. The molecule has 0 unspecified atom stereocenters. The third-order valence-electron chi connectivity index (χ3n) is 9.08. The summed E-state index contributed by atoms with van der Waals surface area (Å²) in [5, 5.41) is 3.27. The number of esters is 2. The number of benzene rings is 1. The van der Waals surface area contributed by atoms with Crippen molar-refractivity contribution < 1.29 is 19.1 Å². The number of carbonyl (C=O) groups is 2. The van der Waals surface area contributed by atoms with E-state index in [-0.39, 0.29) is 0 Å². The molecule has 0 bridgehead atoms. The SMILES string of the molecule is CC1=C(C(=O)OCCCC2CCCC2)C(c2cnc(-c3ccccc3)[nH]2)C(C(=O)OCCCC2CCCC2)=C(C)N1. The molecule has 7 nitrogen and oxygen atoms in total. The van der Waals surface area contributed by atoms with Crippen LogP contribution in [0.15, 0.2) is 59.1 Å². The van der Waals surface area contributed by atoms with Crippen molar-refractivity contribution in [1.29, 1.82) is 0 Å². The Hall–Kier alpha value is -3.35. The first-order valence-electron chi connectivity index (χ1n) is 15.6. The second-order valence-corrected chi connectivity index (χ2v) is 12.0. The Morgan fingerprint density at radius 3 is 1.83 bits per heavy atom. The topological polar surface area (TPSA) is 93.3 Å². The van der Waals surface area contributed by atoms with E-state index in [1.807, 2.05) is 44.2 Å². The maximum absolute atomic E-state index is 13.6. The number of hydrogen-bond donors (Lipinski definition) is 2. The van der Waals surface area contributed by atoms with Crippen molar-refractivity contribution >= 4 is 11.9 Å². The Balaban J connectivity index is 1.34. The van der Waals surface area contributed by atoms with Crippen molar-refractivity contribution in [2.24, 2.45) is 11.8 Å². The first kappa shape index (κ1) is 29.2. The molecule has 0 radical (unpaired) electrons. The molecular formula is C34H45N3O4. The van der Waals surface area contributed by atoms with Crippen molar-refractivity contribution in [2.45, 2.75) is 96.8 Å². The van der Waals surface area contributed by atoms with Crippen molar-refractivity contribution in [1.82, 2.24) is 15.3 Å². The monoisotopic (exact) mass is 559 g/mol. The maximum Gasteiger partial charge on any atom is 0.336 e. The highest BCUT2D eigenvalue weighted by Gasteiger charge is 2.39. The first-order valence-corrected chi connectivity index (χ1v) is 15.6. The number of carbonyl (C=O) groups excluding carboxylic acids is 2. The highest BCUT2D eigenvalue weighted by atomic mass is 16.5. The zero-order chi connectivity index (χ0) is 28.6. The number of dihydropyridines is 1. The normalized spacial score (nSPS) is 18.7. The molecule has 3 aliphatic rings. The molecule has 2 aliphatic carbocycles. The van der Waals surface area contributed by atoms with Crippen LogP contribution in [0, 0.1) is 11.8 Å². The lowest BCUT2D eigenvalue weighted by Crippen LogP contribution is -2.33. The van der Waals surface area contributed by atoms with Gasteiger partial charge in [-0.2, -0.15) is 0 Å². The summed E-state index contributed by atoms with van der Waals surface area (Å²) < 4.78 is 11.7. The van der Waals surface area contributed by atoms with E-state index in [4.69, 9.17) is 9.47 Å². The number of nitrogens with zero attached hydrogens (tertiary/aromatic N) is 1. The van der Waals surface area contributed by atoms with Gasteiger partial charge in [-0.05, 0) is 51.4 Å². The molecule has 1 aliphatic heterocycles. The van der Waals surface area contributed by atoms with E-state index >= 15 is 0 Å². The van der Waals surface area contributed by atoms with Crippen molar-refractivity contribution in [3.05, 3.63) is 64.8 Å².